The number of nitriles is 1. The molecule has 0 saturated heterocycles. The van der Waals surface area contributed by atoms with Gasteiger partial charge in [0.15, 0.2) is 5.78 Å². The van der Waals surface area contributed by atoms with E-state index in [9.17, 15) is 14.4 Å². The second-order valence-corrected chi connectivity index (χ2v) is 6.40. The third kappa shape index (κ3) is 1.96. The molecule has 100 valence electrons. The van der Waals surface area contributed by atoms with Crippen molar-refractivity contribution < 1.29 is 9.18 Å². The van der Waals surface area contributed by atoms with Gasteiger partial charge in [0.05, 0.1) is 6.07 Å². The largest absolute Gasteiger partial charge is 0.297 e. The van der Waals surface area contributed by atoms with Crippen LogP contribution in [0.3, 0.4) is 0 Å². The summed E-state index contributed by atoms with van der Waals surface area (Å²) in [7, 11) is 0. The Labute approximate surface area is 113 Å². The second-order valence-electron chi connectivity index (χ2n) is 6.40. The molecule has 0 heterocycles. The average molecular weight is 259 g/mol. The average Bonchev–Trinajstić information content (AvgIpc) is 2.70. The first-order chi connectivity index (χ1) is 8.73. The zero-order valence-electron chi connectivity index (χ0n) is 11.7. The summed E-state index contributed by atoms with van der Waals surface area (Å²) in [6.45, 7) is 8.15. The van der Waals surface area contributed by atoms with Gasteiger partial charge >= 0.3 is 0 Å². The molecule has 1 unspecified atom stereocenters. The summed E-state index contributed by atoms with van der Waals surface area (Å²) in [5, 5.41) is 9.26. The van der Waals surface area contributed by atoms with Crippen LogP contribution in [-0.2, 0) is 4.79 Å². The fourth-order valence-corrected chi connectivity index (χ4v) is 3.06. The molecule has 1 aliphatic rings. The van der Waals surface area contributed by atoms with Crippen LogP contribution in [-0.4, -0.2) is 5.78 Å². The maximum Gasteiger partial charge on any atom is 0.158 e. The van der Waals surface area contributed by atoms with Crippen molar-refractivity contribution in [1.29, 1.82) is 5.26 Å². The lowest BCUT2D eigenvalue weighted by Crippen LogP contribution is -2.16. The summed E-state index contributed by atoms with van der Waals surface area (Å²) in [5.41, 5.74) is 0.241. The van der Waals surface area contributed by atoms with E-state index in [0.717, 1.165) is 0 Å². The number of hydrogen-bond donors (Lipinski definition) is 0. The Kier molecular flexibility index (Phi) is 3.01. The summed E-state index contributed by atoms with van der Waals surface area (Å²) in [6, 6.07) is 7.78. The van der Waals surface area contributed by atoms with Crippen molar-refractivity contribution in [2.45, 2.75) is 33.6 Å². The molecule has 1 fully saturated rings. The van der Waals surface area contributed by atoms with Crippen LogP contribution in [0.1, 0.15) is 39.2 Å². The number of benzene rings is 1. The van der Waals surface area contributed by atoms with Crippen LogP contribution in [0.25, 0.3) is 0 Å². The summed E-state index contributed by atoms with van der Waals surface area (Å²) >= 11 is 0. The molecule has 19 heavy (non-hydrogen) atoms. The third-order valence-electron chi connectivity index (χ3n) is 4.90. The first-order valence-corrected chi connectivity index (χ1v) is 6.42. The number of ketones is 1. The molecule has 0 aliphatic heterocycles. The Morgan fingerprint density at radius 3 is 2.32 bits per heavy atom. The lowest BCUT2D eigenvalue weighted by atomic mass is 9.90. The molecule has 0 N–H and O–H groups in total. The minimum atomic E-state index is -0.873. The molecule has 1 aromatic rings. The van der Waals surface area contributed by atoms with Crippen molar-refractivity contribution in [3.8, 4) is 6.07 Å². The molecular weight excluding hydrogens is 241 g/mol. The molecule has 0 spiro atoms. The van der Waals surface area contributed by atoms with Gasteiger partial charge in [0.1, 0.15) is 11.7 Å². The SMILES string of the molecule is CC1(C)C(C(=O)C(C#N)c2cccc(F)c2)C1(C)C. The van der Waals surface area contributed by atoms with Crippen LogP contribution in [0.15, 0.2) is 24.3 Å². The van der Waals surface area contributed by atoms with Crippen molar-refractivity contribution in [2.75, 3.05) is 0 Å². The summed E-state index contributed by atoms with van der Waals surface area (Å²) in [4.78, 5) is 12.5. The molecule has 2 rings (SSSR count). The number of hydrogen-bond acceptors (Lipinski definition) is 2. The second kappa shape index (κ2) is 4.16. The van der Waals surface area contributed by atoms with Crippen LogP contribution >= 0.6 is 0 Å². The maximum atomic E-state index is 13.2. The number of carbonyl (C=O) groups is 1. The van der Waals surface area contributed by atoms with Crippen molar-refractivity contribution >= 4 is 5.78 Å². The standard InChI is InChI=1S/C16H18FNO/c1-15(2)14(16(15,3)4)13(19)12(9-18)10-6-5-7-11(17)8-10/h5-8,12,14H,1-4H3. The van der Waals surface area contributed by atoms with E-state index in [-0.39, 0.29) is 22.5 Å². The fourth-order valence-electron chi connectivity index (χ4n) is 3.06. The van der Waals surface area contributed by atoms with Crippen molar-refractivity contribution in [2.24, 2.45) is 16.7 Å². The zero-order chi connectivity index (χ0) is 14.4. The van der Waals surface area contributed by atoms with E-state index in [4.69, 9.17) is 0 Å². The van der Waals surface area contributed by atoms with E-state index in [1.165, 1.54) is 18.2 Å². The molecule has 2 nitrogen and oxygen atoms in total. The normalized spacial score (nSPS) is 21.5. The monoisotopic (exact) mass is 259 g/mol. The summed E-state index contributed by atoms with van der Waals surface area (Å²) in [6.07, 6.45) is 0. The first kappa shape index (κ1) is 13.7. The van der Waals surface area contributed by atoms with Crippen LogP contribution in [0.5, 0.6) is 0 Å². The van der Waals surface area contributed by atoms with Crippen LogP contribution < -0.4 is 0 Å². The number of nitrogens with zero attached hydrogens (tertiary/aromatic N) is 1. The highest BCUT2D eigenvalue weighted by atomic mass is 19.1. The maximum absolute atomic E-state index is 13.2. The minimum absolute atomic E-state index is 0.0944. The van der Waals surface area contributed by atoms with Crippen molar-refractivity contribution in [3.05, 3.63) is 35.6 Å². The van der Waals surface area contributed by atoms with Gasteiger partial charge in [-0.2, -0.15) is 5.26 Å². The number of carbonyl (C=O) groups excluding carboxylic acids is 1. The van der Waals surface area contributed by atoms with E-state index in [2.05, 4.69) is 0 Å². The van der Waals surface area contributed by atoms with Gasteiger partial charge in [-0.15, -0.1) is 0 Å². The quantitative estimate of drug-likeness (QED) is 0.830. The first-order valence-electron chi connectivity index (χ1n) is 6.42. The highest BCUT2D eigenvalue weighted by molar-refractivity contribution is 5.94. The van der Waals surface area contributed by atoms with E-state index < -0.39 is 11.7 Å². The molecule has 3 heteroatoms. The molecule has 0 aromatic heterocycles. The molecule has 1 atom stereocenters. The number of Topliss-reactive ketones (excluding diaryl/α,β-unsaturated/α-hetero) is 1. The highest BCUT2D eigenvalue weighted by Crippen LogP contribution is 2.69. The van der Waals surface area contributed by atoms with E-state index >= 15 is 0 Å². The molecule has 0 bridgehead atoms. The number of halogens is 1. The summed E-state index contributed by atoms with van der Waals surface area (Å²) in [5.74, 6) is -1.53. The van der Waals surface area contributed by atoms with E-state index in [1.54, 1.807) is 6.07 Å². The molecule has 1 saturated carbocycles. The lowest BCUT2D eigenvalue weighted by Gasteiger charge is -2.10. The highest BCUT2D eigenvalue weighted by Gasteiger charge is 2.68. The van der Waals surface area contributed by atoms with Crippen LogP contribution in [0, 0.1) is 33.9 Å². The fraction of sp³-hybridized carbons (Fsp3) is 0.500. The van der Waals surface area contributed by atoms with Gasteiger partial charge in [-0.25, -0.2) is 4.39 Å². The molecule has 1 aromatic carbocycles. The Hall–Kier alpha value is -1.69. The van der Waals surface area contributed by atoms with Gasteiger partial charge in [0, 0.05) is 5.92 Å². The smallest absolute Gasteiger partial charge is 0.158 e. The lowest BCUT2D eigenvalue weighted by molar-refractivity contribution is -0.121. The van der Waals surface area contributed by atoms with Crippen molar-refractivity contribution in [3.63, 3.8) is 0 Å². The van der Waals surface area contributed by atoms with Gasteiger partial charge in [0.2, 0.25) is 0 Å². The van der Waals surface area contributed by atoms with Gasteiger partial charge in [-0.05, 0) is 28.5 Å². The zero-order valence-corrected chi connectivity index (χ0v) is 11.7. The predicted octanol–water partition coefficient (Wildman–Crippen LogP) is 3.68. The van der Waals surface area contributed by atoms with E-state index in [1.807, 2.05) is 33.8 Å². The van der Waals surface area contributed by atoms with Gasteiger partial charge in [-0.3, -0.25) is 4.79 Å². The van der Waals surface area contributed by atoms with Gasteiger partial charge < -0.3 is 0 Å². The molecule has 0 radical (unpaired) electrons. The van der Waals surface area contributed by atoms with Gasteiger partial charge in [0.25, 0.3) is 0 Å². The van der Waals surface area contributed by atoms with Gasteiger partial charge in [-0.1, -0.05) is 39.8 Å². The third-order valence-corrected chi connectivity index (χ3v) is 4.90. The van der Waals surface area contributed by atoms with Crippen LogP contribution in [0.2, 0.25) is 0 Å². The molecule has 1 aliphatic carbocycles. The minimum Gasteiger partial charge on any atom is -0.297 e. The molecule has 0 amide bonds. The summed E-state index contributed by atoms with van der Waals surface area (Å²) < 4.78 is 13.2. The Bertz CT molecular complexity index is 554. The Morgan fingerprint density at radius 1 is 1.32 bits per heavy atom. The number of rotatable bonds is 3. The van der Waals surface area contributed by atoms with Crippen LogP contribution in [0.4, 0.5) is 4.39 Å². The predicted molar refractivity (Wildman–Crippen MR) is 70.8 cm³/mol. The van der Waals surface area contributed by atoms with Crippen molar-refractivity contribution in [1.82, 2.24) is 0 Å². The Morgan fingerprint density at radius 2 is 1.89 bits per heavy atom. The topological polar surface area (TPSA) is 40.9 Å². The molecular formula is C16H18FNO. The Balaban J connectivity index is 2.31. The van der Waals surface area contributed by atoms with E-state index in [0.29, 0.717) is 5.56 Å².